The molecule has 0 aliphatic carbocycles. The molecule has 1 aromatic carbocycles. The van der Waals surface area contributed by atoms with Gasteiger partial charge in [0.2, 0.25) is 11.8 Å². The maximum atomic E-state index is 11.8. The monoisotopic (exact) mass is 327 g/mol. The van der Waals surface area contributed by atoms with Crippen LogP contribution >= 0.6 is 23.2 Å². The van der Waals surface area contributed by atoms with Crippen molar-refractivity contribution in [1.29, 1.82) is 0 Å². The molecule has 7 heteroatoms. The van der Waals surface area contributed by atoms with Gasteiger partial charge in [-0.15, -0.1) is 0 Å². The van der Waals surface area contributed by atoms with Crippen molar-refractivity contribution < 1.29 is 9.21 Å². The highest BCUT2D eigenvalue weighted by atomic mass is 35.5. The van der Waals surface area contributed by atoms with Crippen molar-refractivity contribution in [3.8, 4) is 0 Å². The summed E-state index contributed by atoms with van der Waals surface area (Å²) >= 11 is 12.0. The first-order chi connectivity index (χ1) is 10.1. The van der Waals surface area contributed by atoms with Crippen molar-refractivity contribution in [3.63, 3.8) is 0 Å². The maximum Gasteiger partial charge on any atom is 0.238 e. The molecule has 5 nitrogen and oxygen atoms in total. The second kappa shape index (κ2) is 7.45. The van der Waals surface area contributed by atoms with Crippen molar-refractivity contribution in [2.75, 3.05) is 11.9 Å². The number of halogens is 2. The number of oxazole rings is 1. The molecule has 112 valence electrons. The minimum absolute atomic E-state index is 0.103. The van der Waals surface area contributed by atoms with Gasteiger partial charge in [-0.3, -0.25) is 10.1 Å². The topological polar surface area (TPSA) is 67.2 Å². The normalized spacial score (nSPS) is 10.6. The van der Waals surface area contributed by atoms with Crippen LogP contribution in [-0.2, 0) is 17.8 Å². The SMILES string of the molecule is CCc1cnc(CNCC(=O)Nc2c(Cl)cccc2Cl)o1. The number of hydrogen-bond acceptors (Lipinski definition) is 4. The second-order valence-electron chi connectivity index (χ2n) is 4.32. The van der Waals surface area contributed by atoms with Gasteiger partial charge in [-0.25, -0.2) is 4.98 Å². The number of para-hydroxylation sites is 1. The Hall–Kier alpha value is -1.56. The molecule has 0 fully saturated rings. The molecule has 1 heterocycles. The molecular formula is C14H15Cl2N3O2. The highest BCUT2D eigenvalue weighted by Crippen LogP contribution is 2.29. The number of aromatic nitrogens is 1. The number of nitrogens with zero attached hydrogens (tertiary/aromatic N) is 1. The maximum absolute atomic E-state index is 11.8. The second-order valence-corrected chi connectivity index (χ2v) is 5.14. The predicted molar refractivity (Wildman–Crippen MR) is 82.7 cm³/mol. The van der Waals surface area contributed by atoms with Crippen molar-refractivity contribution in [2.45, 2.75) is 19.9 Å². The summed E-state index contributed by atoms with van der Waals surface area (Å²) in [4.78, 5) is 15.9. The van der Waals surface area contributed by atoms with Gasteiger partial charge in [0.25, 0.3) is 0 Å². The number of carbonyl (C=O) groups is 1. The van der Waals surface area contributed by atoms with E-state index in [1.54, 1.807) is 24.4 Å². The van der Waals surface area contributed by atoms with E-state index in [9.17, 15) is 4.79 Å². The lowest BCUT2D eigenvalue weighted by atomic mass is 10.3. The van der Waals surface area contributed by atoms with Gasteiger partial charge in [-0.1, -0.05) is 36.2 Å². The summed E-state index contributed by atoms with van der Waals surface area (Å²) in [6.07, 6.45) is 2.47. The quantitative estimate of drug-likeness (QED) is 0.854. The van der Waals surface area contributed by atoms with Crippen LogP contribution in [0.2, 0.25) is 10.0 Å². The molecule has 0 saturated carbocycles. The summed E-state index contributed by atoms with van der Waals surface area (Å²) in [6, 6.07) is 5.04. The standard InChI is InChI=1S/C14H15Cl2N3O2/c1-2-9-6-18-13(21-9)8-17-7-12(20)19-14-10(15)4-3-5-11(14)16/h3-6,17H,2,7-8H2,1H3,(H,19,20). The Morgan fingerprint density at radius 1 is 1.33 bits per heavy atom. The molecule has 0 unspecified atom stereocenters. The number of benzene rings is 1. The zero-order chi connectivity index (χ0) is 15.2. The number of rotatable bonds is 6. The van der Waals surface area contributed by atoms with E-state index >= 15 is 0 Å². The number of nitrogens with one attached hydrogen (secondary N) is 2. The van der Waals surface area contributed by atoms with Gasteiger partial charge in [0.05, 0.1) is 35.0 Å². The number of amides is 1. The number of aryl methyl sites for hydroxylation is 1. The van der Waals surface area contributed by atoms with Crippen LogP contribution in [0.1, 0.15) is 18.6 Å². The van der Waals surface area contributed by atoms with Gasteiger partial charge >= 0.3 is 0 Å². The van der Waals surface area contributed by atoms with E-state index in [0.29, 0.717) is 28.2 Å². The molecule has 1 aromatic heterocycles. The molecular weight excluding hydrogens is 313 g/mol. The largest absolute Gasteiger partial charge is 0.444 e. The van der Waals surface area contributed by atoms with Crippen LogP contribution in [0.15, 0.2) is 28.8 Å². The van der Waals surface area contributed by atoms with Crippen LogP contribution in [-0.4, -0.2) is 17.4 Å². The number of carbonyl (C=O) groups excluding carboxylic acids is 1. The van der Waals surface area contributed by atoms with Gasteiger partial charge in [0.1, 0.15) is 5.76 Å². The molecule has 0 saturated heterocycles. The van der Waals surface area contributed by atoms with Crippen LogP contribution in [0.25, 0.3) is 0 Å². The molecule has 2 N–H and O–H groups in total. The van der Waals surface area contributed by atoms with Gasteiger partial charge in [0, 0.05) is 6.42 Å². The van der Waals surface area contributed by atoms with Crippen LogP contribution in [0.3, 0.4) is 0 Å². The molecule has 2 aromatic rings. The van der Waals surface area contributed by atoms with Gasteiger partial charge in [0.15, 0.2) is 0 Å². The zero-order valence-corrected chi connectivity index (χ0v) is 13.0. The van der Waals surface area contributed by atoms with E-state index in [0.717, 1.165) is 12.2 Å². The lowest BCUT2D eigenvalue weighted by Gasteiger charge is -2.09. The molecule has 21 heavy (non-hydrogen) atoms. The Kier molecular flexibility index (Phi) is 5.61. The van der Waals surface area contributed by atoms with Gasteiger partial charge in [-0.05, 0) is 12.1 Å². The van der Waals surface area contributed by atoms with Gasteiger partial charge in [-0.2, -0.15) is 0 Å². The molecule has 0 bridgehead atoms. The van der Waals surface area contributed by atoms with Crippen LogP contribution in [0.5, 0.6) is 0 Å². The van der Waals surface area contributed by atoms with Crippen LogP contribution in [0.4, 0.5) is 5.69 Å². The molecule has 1 amide bonds. The molecule has 0 aliphatic heterocycles. The highest BCUT2D eigenvalue weighted by Gasteiger charge is 2.09. The fraction of sp³-hybridized carbons (Fsp3) is 0.286. The summed E-state index contributed by atoms with van der Waals surface area (Å²) in [5.74, 6) is 1.13. The van der Waals surface area contributed by atoms with Crippen molar-refractivity contribution in [3.05, 3.63) is 46.1 Å². The Bertz CT molecular complexity index is 608. The van der Waals surface area contributed by atoms with Crippen LogP contribution in [0, 0.1) is 0 Å². The lowest BCUT2D eigenvalue weighted by molar-refractivity contribution is -0.115. The van der Waals surface area contributed by atoms with Crippen molar-refractivity contribution in [2.24, 2.45) is 0 Å². The summed E-state index contributed by atoms with van der Waals surface area (Å²) in [6.45, 7) is 2.47. The summed E-state index contributed by atoms with van der Waals surface area (Å²) in [5, 5.41) is 6.41. The third-order valence-corrected chi connectivity index (χ3v) is 3.37. The van der Waals surface area contributed by atoms with Crippen LogP contribution < -0.4 is 10.6 Å². The summed E-state index contributed by atoms with van der Waals surface area (Å²) in [5.41, 5.74) is 0.414. The van der Waals surface area contributed by atoms with E-state index in [4.69, 9.17) is 27.6 Å². The molecule has 0 aliphatic rings. The average molecular weight is 328 g/mol. The number of hydrogen-bond donors (Lipinski definition) is 2. The first-order valence-electron chi connectivity index (χ1n) is 6.48. The predicted octanol–water partition coefficient (Wildman–Crippen LogP) is 3.27. The molecule has 0 radical (unpaired) electrons. The fourth-order valence-electron chi connectivity index (χ4n) is 1.68. The fourth-order valence-corrected chi connectivity index (χ4v) is 2.17. The molecule has 0 spiro atoms. The van der Waals surface area contributed by atoms with Crippen molar-refractivity contribution in [1.82, 2.24) is 10.3 Å². The Morgan fingerprint density at radius 3 is 2.67 bits per heavy atom. The highest BCUT2D eigenvalue weighted by molar-refractivity contribution is 6.39. The first-order valence-corrected chi connectivity index (χ1v) is 7.24. The summed E-state index contributed by atoms with van der Waals surface area (Å²) < 4.78 is 5.42. The van der Waals surface area contributed by atoms with E-state index in [2.05, 4.69) is 15.6 Å². The smallest absolute Gasteiger partial charge is 0.238 e. The van der Waals surface area contributed by atoms with E-state index in [1.807, 2.05) is 6.92 Å². The van der Waals surface area contributed by atoms with E-state index < -0.39 is 0 Å². The average Bonchev–Trinajstić information content (AvgIpc) is 2.91. The Morgan fingerprint density at radius 2 is 2.05 bits per heavy atom. The number of anilines is 1. The first kappa shape index (κ1) is 15.8. The molecule has 0 atom stereocenters. The third kappa shape index (κ3) is 4.46. The Labute approximate surface area is 132 Å². The van der Waals surface area contributed by atoms with Crippen molar-refractivity contribution >= 4 is 34.8 Å². The lowest BCUT2D eigenvalue weighted by Crippen LogP contribution is -2.28. The van der Waals surface area contributed by atoms with E-state index in [-0.39, 0.29) is 12.5 Å². The minimum atomic E-state index is -0.243. The van der Waals surface area contributed by atoms with E-state index in [1.165, 1.54) is 0 Å². The third-order valence-electron chi connectivity index (χ3n) is 2.74. The Balaban J connectivity index is 1.82. The minimum Gasteiger partial charge on any atom is -0.444 e. The molecule has 2 rings (SSSR count). The zero-order valence-electron chi connectivity index (χ0n) is 11.5. The van der Waals surface area contributed by atoms with Gasteiger partial charge < -0.3 is 9.73 Å². The summed E-state index contributed by atoms with van der Waals surface area (Å²) in [7, 11) is 0.